The first-order valence-corrected chi connectivity index (χ1v) is 16.2. The van der Waals surface area contributed by atoms with Gasteiger partial charge in [-0.25, -0.2) is 0 Å². The Kier molecular flexibility index (Phi) is 6.92. The zero-order chi connectivity index (χ0) is 30.3. The van der Waals surface area contributed by atoms with Crippen molar-refractivity contribution in [3.63, 3.8) is 0 Å². The van der Waals surface area contributed by atoms with Gasteiger partial charge in [0.05, 0.1) is 0 Å². The lowest BCUT2D eigenvalue weighted by atomic mass is 9.80. The molecule has 0 aromatic heterocycles. The van der Waals surface area contributed by atoms with E-state index < -0.39 is 0 Å². The Morgan fingerprint density at radius 1 is 0.600 bits per heavy atom. The van der Waals surface area contributed by atoms with Gasteiger partial charge in [-0.3, -0.25) is 0 Å². The van der Waals surface area contributed by atoms with Gasteiger partial charge >= 0.3 is 0 Å². The lowest BCUT2D eigenvalue weighted by Gasteiger charge is -2.23. The van der Waals surface area contributed by atoms with E-state index in [0.717, 1.165) is 12.8 Å². The van der Waals surface area contributed by atoms with Crippen molar-refractivity contribution < 1.29 is 0 Å². The van der Waals surface area contributed by atoms with Gasteiger partial charge in [-0.15, -0.1) is 0 Å². The molecule has 0 fully saturated rings. The topological polar surface area (TPSA) is 0 Å². The molecule has 0 heterocycles. The standard InChI is InChI=1S/C45H35/c1-3-30-23-25-37-35(27-30)28-41-40(37)29-42(43(32-17-10-6-11-18-32)33-19-12-7-13-20-33)36(4-2)45(41)39-26-24-34-21-14-22-38(44(34)39)31-15-8-5-9-16-31/h5-27,29,39H,3-4H2,1-2H3. The third kappa shape index (κ3) is 4.61. The van der Waals surface area contributed by atoms with Gasteiger partial charge in [0.2, 0.25) is 0 Å². The van der Waals surface area contributed by atoms with Gasteiger partial charge in [0, 0.05) is 5.92 Å². The van der Waals surface area contributed by atoms with Crippen LogP contribution < -0.4 is 10.4 Å². The predicted molar refractivity (Wildman–Crippen MR) is 190 cm³/mol. The summed E-state index contributed by atoms with van der Waals surface area (Å²) in [6, 6.07) is 48.9. The van der Waals surface area contributed by atoms with Crippen LogP contribution in [-0.2, 0) is 12.8 Å². The van der Waals surface area contributed by atoms with E-state index in [4.69, 9.17) is 0 Å². The molecule has 2 aliphatic carbocycles. The molecule has 0 saturated heterocycles. The Labute approximate surface area is 266 Å². The molecule has 6 aromatic carbocycles. The molecule has 1 radical (unpaired) electrons. The van der Waals surface area contributed by atoms with Gasteiger partial charge in [-0.2, -0.15) is 0 Å². The molecule has 0 amide bonds. The quantitative estimate of drug-likeness (QED) is 0.185. The maximum absolute atomic E-state index is 3.97. The average Bonchev–Trinajstić information content (AvgIpc) is 3.70. The van der Waals surface area contributed by atoms with Crippen molar-refractivity contribution in [2.45, 2.75) is 32.6 Å². The first-order chi connectivity index (χ1) is 22.2. The Balaban J connectivity index is 1.52. The highest BCUT2D eigenvalue weighted by Crippen LogP contribution is 2.43. The summed E-state index contributed by atoms with van der Waals surface area (Å²) >= 11 is 0. The van der Waals surface area contributed by atoms with E-state index in [1.165, 1.54) is 82.8 Å². The Bertz CT molecular complexity index is 2160. The average molecular weight is 576 g/mol. The van der Waals surface area contributed by atoms with Gasteiger partial charge in [-0.05, 0) is 108 Å². The number of fused-ring (bicyclic) bond motifs is 4. The Morgan fingerprint density at radius 3 is 1.96 bits per heavy atom. The van der Waals surface area contributed by atoms with E-state index in [1.54, 1.807) is 0 Å². The SMILES string of the molecule is CCc1ccc2c(c1)[C]=c1c-2cc(=C(c2ccccc2)c2ccccc2)c(CC)c1C1C=Cc2cccc(-c3ccccc3)c21. The molecule has 0 heteroatoms. The molecule has 2 aliphatic rings. The van der Waals surface area contributed by atoms with Crippen molar-refractivity contribution in [2.24, 2.45) is 0 Å². The van der Waals surface area contributed by atoms with Crippen LogP contribution in [0.3, 0.4) is 0 Å². The van der Waals surface area contributed by atoms with Crippen molar-refractivity contribution in [3.8, 4) is 22.3 Å². The second kappa shape index (κ2) is 11.4. The summed E-state index contributed by atoms with van der Waals surface area (Å²) < 4.78 is 0. The summed E-state index contributed by atoms with van der Waals surface area (Å²) in [6.45, 7) is 4.55. The minimum atomic E-state index is 0.125. The van der Waals surface area contributed by atoms with Crippen LogP contribution in [0.1, 0.15) is 64.3 Å². The van der Waals surface area contributed by atoms with Crippen molar-refractivity contribution in [3.05, 3.63) is 194 Å². The normalized spacial score (nSPS) is 14.0. The summed E-state index contributed by atoms with van der Waals surface area (Å²) in [5.41, 5.74) is 17.0. The molecule has 0 N–H and O–H groups in total. The molecule has 1 atom stereocenters. The summed E-state index contributed by atoms with van der Waals surface area (Å²) in [4.78, 5) is 0. The molecule has 6 aromatic rings. The summed E-state index contributed by atoms with van der Waals surface area (Å²) in [5.74, 6) is 0.125. The summed E-state index contributed by atoms with van der Waals surface area (Å²) in [7, 11) is 0. The van der Waals surface area contributed by atoms with Gasteiger partial charge in [-0.1, -0.05) is 153 Å². The maximum Gasteiger partial charge on any atom is 0.0294 e. The minimum Gasteiger partial charge on any atom is -0.0720 e. The number of hydrogen-bond donors (Lipinski definition) is 0. The maximum atomic E-state index is 3.97. The molecule has 215 valence electrons. The largest absolute Gasteiger partial charge is 0.0720 e. The highest BCUT2D eigenvalue weighted by atomic mass is 14.3. The van der Waals surface area contributed by atoms with Crippen LogP contribution in [0.2, 0.25) is 0 Å². The number of allylic oxidation sites excluding steroid dienone is 1. The molecule has 0 bridgehead atoms. The van der Waals surface area contributed by atoms with E-state index in [0.29, 0.717) is 0 Å². The molecule has 0 saturated carbocycles. The predicted octanol–water partition coefficient (Wildman–Crippen LogP) is 9.57. The molecule has 8 rings (SSSR count). The van der Waals surface area contributed by atoms with Crippen LogP contribution in [0.5, 0.6) is 0 Å². The van der Waals surface area contributed by atoms with Crippen molar-refractivity contribution in [2.75, 3.05) is 0 Å². The third-order valence-electron chi connectivity index (χ3n) is 9.58. The number of benzene rings is 6. The van der Waals surface area contributed by atoms with E-state index in [9.17, 15) is 0 Å². The summed E-state index contributed by atoms with van der Waals surface area (Å²) in [5, 5.41) is 2.57. The van der Waals surface area contributed by atoms with Crippen LogP contribution in [0.4, 0.5) is 0 Å². The minimum absolute atomic E-state index is 0.125. The highest BCUT2D eigenvalue weighted by Gasteiger charge is 2.29. The monoisotopic (exact) mass is 575 g/mol. The zero-order valence-corrected chi connectivity index (χ0v) is 25.8. The van der Waals surface area contributed by atoms with Crippen molar-refractivity contribution >= 4 is 17.7 Å². The van der Waals surface area contributed by atoms with E-state index in [-0.39, 0.29) is 5.92 Å². The highest BCUT2D eigenvalue weighted by molar-refractivity contribution is 5.88. The van der Waals surface area contributed by atoms with Crippen LogP contribution in [-0.4, -0.2) is 0 Å². The second-order valence-corrected chi connectivity index (χ2v) is 12.1. The van der Waals surface area contributed by atoms with E-state index in [2.05, 4.69) is 166 Å². The molecule has 0 aliphatic heterocycles. The first-order valence-electron chi connectivity index (χ1n) is 16.2. The van der Waals surface area contributed by atoms with Gasteiger partial charge < -0.3 is 0 Å². The Morgan fingerprint density at radius 2 is 1.29 bits per heavy atom. The van der Waals surface area contributed by atoms with E-state index in [1.807, 2.05) is 0 Å². The lowest BCUT2D eigenvalue weighted by Crippen LogP contribution is -2.27. The fourth-order valence-electron chi connectivity index (χ4n) is 7.49. The molecule has 45 heavy (non-hydrogen) atoms. The second-order valence-electron chi connectivity index (χ2n) is 12.1. The Hall–Kier alpha value is -5.20. The molecular weight excluding hydrogens is 540 g/mol. The number of rotatable bonds is 6. The van der Waals surface area contributed by atoms with E-state index >= 15 is 0 Å². The number of aryl methyl sites for hydroxylation is 1. The molecular formula is C45H35. The fraction of sp³-hybridized carbons (Fsp3) is 0.111. The van der Waals surface area contributed by atoms with Crippen molar-refractivity contribution in [1.29, 1.82) is 0 Å². The number of hydrogen-bond acceptors (Lipinski definition) is 0. The first kappa shape index (κ1) is 27.4. The lowest BCUT2D eigenvalue weighted by molar-refractivity contribution is 0.969. The third-order valence-corrected chi connectivity index (χ3v) is 9.58. The zero-order valence-electron chi connectivity index (χ0n) is 25.8. The van der Waals surface area contributed by atoms with Gasteiger partial charge in [0.25, 0.3) is 0 Å². The van der Waals surface area contributed by atoms with Crippen LogP contribution in [0.25, 0.3) is 40.0 Å². The molecule has 0 nitrogen and oxygen atoms in total. The van der Waals surface area contributed by atoms with Crippen LogP contribution in [0.15, 0.2) is 140 Å². The van der Waals surface area contributed by atoms with Gasteiger partial charge in [0.1, 0.15) is 0 Å². The van der Waals surface area contributed by atoms with Crippen LogP contribution >= 0.6 is 0 Å². The van der Waals surface area contributed by atoms with Gasteiger partial charge in [0.15, 0.2) is 0 Å². The fourth-order valence-corrected chi connectivity index (χ4v) is 7.49. The smallest absolute Gasteiger partial charge is 0.0294 e. The van der Waals surface area contributed by atoms with Crippen LogP contribution in [0, 0.1) is 0 Å². The molecule has 1 unspecified atom stereocenters. The summed E-state index contributed by atoms with van der Waals surface area (Å²) in [6.07, 6.45) is 10.7. The molecule has 0 spiro atoms. The van der Waals surface area contributed by atoms with Crippen molar-refractivity contribution in [1.82, 2.24) is 0 Å².